The second-order valence-corrected chi connectivity index (χ2v) is 4.03. The Labute approximate surface area is 112 Å². The van der Waals surface area contributed by atoms with E-state index in [4.69, 9.17) is 9.47 Å². The number of methoxy groups -OCH3 is 1. The molecule has 0 aliphatic rings. The molecule has 0 spiro atoms. The SMILES string of the molecule is CNc1cc(OCc2ccc(OC)cc2)nc(C)n1. The Morgan fingerprint density at radius 2 is 1.89 bits per heavy atom. The van der Waals surface area contributed by atoms with Gasteiger partial charge in [-0.15, -0.1) is 0 Å². The van der Waals surface area contributed by atoms with Crippen LogP contribution in [-0.4, -0.2) is 24.1 Å². The molecule has 1 aromatic carbocycles. The summed E-state index contributed by atoms with van der Waals surface area (Å²) in [5, 5.41) is 2.97. The van der Waals surface area contributed by atoms with Crippen molar-refractivity contribution in [1.82, 2.24) is 9.97 Å². The van der Waals surface area contributed by atoms with Gasteiger partial charge in [-0.2, -0.15) is 4.98 Å². The molecule has 1 heterocycles. The largest absolute Gasteiger partial charge is 0.497 e. The average molecular weight is 259 g/mol. The molecule has 0 saturated heterocycles. The van der Waals surface area contributed by atoms with E-state index in [0.29, 0.717) is 18.3 Å². The predicted molar refractivity (Wildman–Crippen MR) is 73.6 cm³/mol. The lowest BCUT2D eigenvalue weighted by Crippen LogP contribution is -2.02. The summed E-state index contributed by atoms with van der Waals surface area (Å²) in [6, 6.07) is 9.51. The molecule has 1 N–H and O–H groups in total. The van der Waals surface area contributed by atoms with Crippen LogP contribution in [0.5, 0.6) is 11.6 Å². The summed E-state index contributed by atoms with van der Waals surface area (Å²) in [5.74, 6) is 2.82. The lowest BCUT2D eigenvalue weighted by atomic mass is 10.2. The standard InChI is InChI=1S/C14H17N3O2/c1-10-16-13(15-2)8-14(17-10)19-9-11-4-6-12(18-3)7-5-11/h4-8H,9H2,1-3H3,(H,15,16,17). The molecule has 2 aromatic rings. The summed E-state index contributed by atoms with van der Waals surface area (Å²) in [5.41, 5.74) is 1.06. The summed E-state index contributed by atoms with van der Waals surface area (Å²) in [6.45, 7) is 2.30. The van der Waals surface area contributed by atoms with Crippen LogP contribution in [0.3, 0.4) is 0 Å². The van der Waals surface area contributed by atoms with Crippen LogP contribution in [0.2, 0.25) is 0 Å². The quantitative estimate of drug-likeness (QED) is 0.893. The topological polar surface area (TPSA) is 56.3 Å². The second-order valence-electron chi connectivity index (χ2n) is 4.03. The number of hydrogen-bond donors (Lipinski definition) is 1. The smallest absolute Gasteiger partial charge is 0.219 e. The minimum atomic E-state index is 0.462. The fraction of sp³-hybridized carbons (Fsp3) is 0.286. The monoisotopic (exact) mass is 259 g/mol. The number of aromatic nitrogens is 2. The van der Waals surface area contributed by atoms with Crippen molar-refractivity contribution in [3.05, 3.63) is 41.7 Å². The molecule has 0 unspecified atom stereocenters. The van der Waals surface area contributed by atoms with Gasteiger partial charge in [0.05, 0.1) is 7.11 Å². The van der Waals surface area contributed by atoms with Crippen molar-refractivity contribution in [1.29, 1.82) is 0 Å². The zero-order chi connectivity index (χ0) is 13.7. The normalized spacial score (nSPS) is 10.1. The molecule has 0 fully saturated rings. The zero-order valence-corrected chi connectivity index (χ0v) is 11.3. The summed E-state index contributed by atoms with van der Waals surface area (Å²) in [7, 11) is 3.46. The van der Waals surface area contributed by atoms with Gasteiger partial charge in [-0.1, -0.05) is 12.1 Å². The average Bonchev–Trinajstić information content (AvgIpc) is 2.45. The predicted octanol–water partition coefficient (Wildman–Crippen LogP) is 2.41. The van der Waals surface area contributed by atoms with Crippen molar-refractivity contribution in [3.8, 4) is 11.6 Å². The van der Waals surface area contributed by atoms with Gasteiger partial charge in [0.2, 0.25) is 5.88 Å². The van der Waals surface area contributed by atoms with Gasteiger partial charge in [0.25, 0.3) is 0 Å². The van der Waals surface area contributed by atoms with Crippen LogP contribution in [0.1, 0.15) is 11.4 Å². The number of hydrogen-bond acceptors (Lipinski definition) is 5. The molecular formula is C14H17N3O2. The minimum absolute atomic E-state index is 0.462. The van der Waals surface area contributed by atoms with Crippen LogP contribution >= 0.6 is 0 Å². The van der Waals surface area contributed by atoms with Gasteiger partial charge in [-0.3, -0.25) is 0 Å². The van der Waals surface area contributed by atoms with E-state index in [-0.39, 0.29) is 0 Å². The molecule has 0 amide bonds. The van der Waals surface area contributed by atoms with Gasteiger partial charge in [-0.05, 0) is 24.6 Å². The summed E-state index contributed by atoms with van der Waals surface area (Å²) < 4.78 is 10.8. The Morgan fingerprint density at radius 1 is 1.16 bits per heavy atom. The van der Waals surface area contributed by atoms with Crippen molar-refractivity contribution in [2.24, 2.45) is 0 Å². The van der Waals surface area contributed by atoms with Crippen LogP contribution in [0.15, 0.2) is 30.3 Å². The first-order valence-electron chi connectivity index (χ1n) is 6.00. The molecule has 2 rings (SSSR count). The number of nitrogens with zero attached hydrogens (tertiary/aromatic N) is 2. The molecule has 100 valence electrons. The van der Waals surface area contributed by atoms with Crippen LogP contribution < -0.4 is 14.8 Å². The maximum absolute atomic E-state index is 5.66. The highest BCUT2D eigenvalue weighted by molar-refractivity contribution is 5.37. The van der Waals surface area contributed by atoms with Crippen LogP contribution in [0.25, 0.3) is 0 Å². The van der Waals surface area contributed by atoms with Crippen molar-refractivity contribution >= 4 is 5.82 Å². The summed E-state index contributed by atoms with van der Waals surface area (Å²) >= 11 is 0. The van der Waals surface area contributed by atoms with Gasteiger partial charge < -0.3 is 14.8 Å². The molecule has 0 radical (unpaired) electrons. The zero-order valence-electron chi connectivity index (χ0n) is 11.3. The molecule has 0 atom stereocenters. The Balaban J connectivity index is 2.03. The summed E-state index contributed by atoms with van der Waals surface area (Å²) in [6.07, 6.45) is 0. The first kappa shape index (κ1) is 13.1. The van der Waals surface area contributed by atoms with Gasteiger partial charge in [0.1, 0.15) is 24.0 Å². The Kier molecular flexibility index (Phi) is 4.18. The van der Waals surface area contributed by atoms with Gasteiger partial charge in [-0.25, -0.2) is 4.98 Å². The molecule has 0 saturated carbocycles. The fourth-order valence-corrected chi connectivity index (χ4v) is 1.62. The van der Waals surface area contributed by atoms with E-state index < -0.39 is 0 Å². The Bertz CT molecular complexity index is 541. The highest BCUT2D eigenvalue weighted by atomic mass is 16.5. The third kappa shape index (κ3) is 3.58. The second kappa shape index (κ2) is 6.04. The highest BCUT2D eigenvalue weighted by Gasteiger charge is 2.02. The third-order valence-electron chi connectivity index (χ3n) is 2.62. The maximum Gasteiger partial charge on any atom is 0.219 e. The van der Waals surface area contributed by atoms with E-state index in [1.807, 2.05) is 38.2 Å². The number of nitrogens with one attached hydrogen (secondary N) is 1. The van der Waals surface area contributed by atoms with Crippen molar-refractivity contribution in [3.63, 3.8) is 0 Å². The molecular weight excluding hydrogens is 242 g/mol. The molecule has 1 aromatic heterocycles. The van der Waals surface area contributed by atoms with Crippen LogP contribution in [0, 0.1) is 6.92 Å². The van der Waals surface area contributed by atoms with Gasteiger partial charge in [0, 0.05) is 13.1 Å². The minimum Gasteiger partial charge on any atom is -0.497 e. The van der Waals surface area contributed by atoms with E-state index in [9.17, 15) is 0 Å². The van der Waals surface area contributed by atoms with Crippen molar-refractivity contribution in [2.45, 2.75) is 13.5 Å². The van der Waals surface area contributed by atoms with E-state index in [1.165, 1.54) is 0 Å². The van der Waals surface area contributed by atoms with E-state index in [2.05, 4.69) is 15.3 Å². The van der Waals surface area contributed by atoms with Gasteiger partial charge in [0.15, 0.2) is 0 Å². The third-order valence-corrected chi connectivity index (χ3v) is 2.62. The van der Waals surface area contributed by atoms with Crippen molar-refractivity contribution < 1.29 is 9.47 Å². The molecule has 19 heavy (non-hydrogen) atoms. The first-order chi connectivity index (χ1) is 9.21. The van der Waals surface area contributed by atoms with Gasteiger partial charge >= 0.3 is 0 Å². The molecule has 5 heteroatoms. The summed E-state index contributed by atoms with van der Waals surface area (Å²) in [4.78, 5) is 8.44. The number of anilines is 1. The maximum atomic E-state index is 5.66. The molecule has 0 aliphatic heterocycles. The fourth-order valence-electron chi connectivity index (χ4n) is 1.62. The first-order valence-corrected chi connectivity index (χ1v) is 6.00. The lowest BCUT2D eigenvalue weighted by Gasteiger charge is -2.08. The highest BCUT2D eigenvalue weighted by Crippen LogP contribution is 2.16. The Morgan fingerprint density at radius 3 is 2.53 bits per heavy atom. The number of benzene rings is 1. The van der Waals surface area contributed by atoms with E-state index in [1.54, 1.807) is 13.2 Å². The van der Waals surface area contributed by atoms with Crippen molar-refractivity contribution in [2.75, 3.05) is 19.5 Å². The molecule has 0 bridgehead atoms. The molecule has 5 nitrogen and oxygen atoms in total. The van der Waals surface area contributed by atoms with Crippen LogP contribution in [0.4, 0.5) is 5.82 Å². The molecule has 0 aliphatic carbocycles. The Hall–Kier alpha value is -2.30. The van der Waals surface area contributed by atoms with E-state index >= 15 is 0 Å². The number of ether oxygens (including phenoxy) is 2. The number of aryl methyl sites for hydroxylation is 1. The van der Waals surface area contributed by atoms with Crippen LogP contribution in [-0.2, 0) is 6.61 Å². The lowest BCUT2D eigenvalue weighted by molar-refractivity contribution is 0.292. The number of rotatable bonds is 5. The van der Waals surface area contributed by atoms with E-state index in [0.717, 1.165) is 17.1 Å².